The number of nitrogens with one attached hydrogen (secondary N) is 2. The highest BCUT2D eigenvalue weighted by Gasteiger charge is 2.26. The Morgan fingerprint density at radius 1 is 1.00 bits per heavy atom. The number of benzene rings is 2. The molecule has 3 rings (SSSR count). The van der Waals surface area contributed by atoms with Gasteiger partial charge in [0, 0.05) is 17.8 Å². The summed E-state index contributed by atoms with van der Waals surface area (Å²) in [5.41, 5.74) is 4.64. The summed E-state index contributed by atoms with van der Waals surface area (Å²) in [5.74, 6) is 0.766. The van der Waals surface area contributed by atoms with Crippen molar-refractivity contribution in [3.63, 3.8) is 0 Å². The second-order valence-corrected chi connectivity index (χ2v) is 9.81. The first-order chi connectivity index (χ1) is 16.2. The first-order valence-corrected chi connectivity index (χ1v) is 12.5. The van der Waals surface area contributed by atoms with Crippen LogP contribution < -0.4 is 10.6 Å². The fourth-order valence-electron chi connectivity index (χ4n) is 3.85. The molecule has 0 saturated carbocycles. The third-order valence-corrected chi connectivity index (χ3v) is 6.38. The van der Waals surface area contributed by atoms with Gasteiger partial charge in [-0.2, -0.15) is 0 Å². The molecule has 0 unspecified atom stereocenters. The Bertz CT molecular complexity index is 1150. The number of nitrogens with zero attached hydrogens (tertiary/aromatic N) is 3. The van der Waals surface area contributed by atoms with E-state index >= 15 is 0 Å². The molecule has 1 heterocycles. The molecule has 3 aromatic rings. The molecule has 0 aliphatic carbocycles. The quantitative estimate of drug-likeness (QED) is 0.418. The van der Waals surface area contributed by atoms with Crippen LogP contribution in [0.4, 0.5) is 5.69 Å². The van der Waals surface area contributed by atoms with E-state index in [-0.39, 0.29) is 29.5 Å². The topological polar surface area (TPSA) is 88.9 Å². The number of rotatable bonds is 9. The molecule has 0 saturated heterocycles. The highest BCUT2D eigenvalue weighted by Crippen LogP contribution is 2.26. The van der Waals surface area contributed by atoms with E-state index in [2.05, 4.69) is 26.9 Å². The van der Waals surface area contributed by atoms with E-state index in [1.165, 1.54) is 11.8 Å². The molecule has 7 nitrogen and oxygen atoms in total. The Morgan fingerprint density at radius 3 is 2.32 bits per heavy atom. The first-order valence-electron chi connectivity index (χ1n) is 11.5. The normalized spacial score (nSPS) is 12.0. The van der Waals surface area contributed by atoms with E-state index in [4.69, 9.17) is 0 Å². The van der Waals surface area contributed by atoms with Gasteiger partial charge >= 0.3 is 0 Å². The number of hydrogen-bond donors (Lipinski definition) is 2. The van der Waals surface area contributed by atoms with Gasteiger partial charge in [-0.05, 0) is 69.0 Å². The maximum absolute atomic E-state index is 12.9. The zero-order chi connectivity index (χ0) is 24.8. The van der Waals surface area contributed by atoms with Crippen LogP contribution in [0.5, 0.6) is 0 Å². The van der Waals surface area contributed by atoms with E-state index in [9.17, 15) is 9.59 Å². The molecule has 180 valence electrons. The lowest BCUT2D eigenvalue weighted by Gasteiger charge is -2.22. The van der Waals surface area contributed by atoms with Gasteiger partial charge in [-0.15, -0.1) is 10.2 Å². The number of aryl methyl sites for hydroxylation is 3. The van der Waals surface area contributed by atoms with Crippen molar-refractivity contribution in [2.24, 2.45) is 5.92 Å². The molecule has 0 radical (unpaired) electrons. The summed E-state index contributed by atoms with van der Waals surface area (Å²) in [6.07, 6.45) is 0. The monoisotopic (exact) mass is 479 g/mol. The summed E-state index contributed by atoms with van der Waals surface area (Å²) in [4.78, 5) is 25.4. The number of carbonyl (C=O) groups is 2. The van der Waals surface area contributed by atoms with E-state index in [1.54, 1.807) is 6.07 Å². The summed E-state index contributed by atoms with van der Waals surface area (Å²) in [7, 11) is 0. The summed E-state index contributed by atoms with van der Waals surface area (Å²) in [5, 5.41) is 15.5. The zero-order valence-corrected chi connectivity index (χ0v) is 21.5. The molecular weight excluding hydrogens is 446 g/mol. The number of anilines is 1. The van der Waals surface area contributed by atoms with Crippen LogP contribution >= 0.6 is 11.8 Å². The highest BCUT2D eigenvalue weighted by atomic mass is 32.2. The predicted octanol–water partition coefficient (Wildman–Crippen LogP) is 5.08. The maximum atomic E-state index is 12.9. The van der Waals surface area contributed by atoms with Gasteiger partial charge in [0.1, 0.15) is 0 Å². The van der Waals surface area contributed by atoms with Gasteiger partial charge in [-0.1, -0.05) is 49.4 Å². The van der Waals surface area contributed by atoms with Crippen molar-refractivity contribution in [2.45, 2.75) is 59.3 Å². The second kappa shape index (κ2) is 11.3. The average Bonchev–Trinajstić information content (AvgIpc) is 3.17. The molecule has 0 aliphatic rings. The lowest BCUT2D eigenvalue weighted by atomic mass is 10.0. The molecule has 2 aromatic carbocycles. The summed E-state index contributed by atoms with van der Waals surface area (Å²) in [6.45, 7) is 12.7. The minimum atomic E-state index is -0.307. The van der Waals surface area contributed by atoms with E-state index in [1.807, 2.05) is 76.4 Å². The zero-order valence-electron chi connectivity index (χ0n) is 20.7. The van der Waals surface area contributed by atoms with Crippen molar-refractivity contribution in [1.29, 1.82) is 0 Å². The lowest BCUT2D eigenvalue weighted by Crippen LogP contribution is -2.33. The van der Waals surface area contributed by atoms with Gasteiger partial charge in [-0.3, -0.25) is 9.59 Å². The smallest absolute Gasteiger partial charge is 0.251 e. The number of amides is 2. The fraction of sp³-hybridized carbons (Fsp3) is 0.385. The van der Waals surface area contributed by atoms with Crippen molar-refractivity contribution in [2.75, 3.05) is 11.1 Å². The van der Waals surface area contributed by atoms with Crippen molar-refractivity contribution < 1.29 is 9.59 Å². The molecule has 0 bridgehead atoms. The van der Waals surface area contributed by atoms with Crippen LogP contribution in [-0.4, -0.2) is 32.3 Å². The minimum absolute atomic E-state index is 0.102. The van der Waals surface area contributed by atoms with Gasteiger partial charge < -0.3 is 15.2 Å². The maximum Gasteiger partial charge on any atom is 0.251 e. The predicted molar refractivity (Wildman–Crippen MR) is 137 cm³/mol. The van der Waals surface area contributed by atoms with Crippen LogP contribution in [0.1, 0.15) is 59.7 Å². The molecule has 1 aromatic heterocycles. The molecule has 2 amide bonds. The van der Waals surface area contributed by atoms with Gasteiger partial charge in [0.25, 0.3) is 5.91 Å². The second-order valence-electron chi connectivity index (χ2n) is 8.86. The number of thioether (sulfide) groups is 1. The summed E-state index contributed by atoms with van der Waals surface area (Å²) in [6, 6.07) is 13.2. The van der Waals surface area contributed by atoms with Crippen molar-refractivity contribution in [1.82, 2.24) is 20.1 Å². The molecule has 2 N–H and O–H groups in total. The van der Waals surface area contributed by atoms with Crippen LogP contribution in [0, 0.1) is 26.7 Å². The largest absolute Gasteiger partial charge is 0.342 e. The Hall–Kier alpha value is -3.13. The van der Waals surface area contributed by atoms with Crippen molar-refractivity contribution in [3.8, 4) is 0 Å². The van der Waals surface area contributed by atoms with E-state index in [0.29, 0.717) is 23.1 Å². The molecule has 0 fully saturated rings. The third kappa shape index (κ3) is 6.47. The Kier molecular flexibility index (Phi) is 8.50. The van der Waals surface area contributed by atoms with Gasteiger partial charge in [-0.25, -0.2) is 0 Å². The molecule has 8 heteroatoms. The first kappa shape index (κ1) is 25.5. The third-order valence-electron chi connectivity index (χ3n) is 5.41. The van der Waals surface area contributed by atoms with Crippen LogP contribution in [-0.2, 0) is 11.3 Å². The molecule has 1 atom stereocenters. The van der Waals surface area contributed by atoms with Crippen LogP contribution in [0.2, 0.25) is 0 Å². The van der Waals surface area contributed by atoms with Crippen LogP contribution in [0.25, 0.3) is 0 Å². The summed E-state index contributed by atoms with van der Waals surface area (Å²) >= 11 is 1.34. The van der Waals surface area contributed by atoms with E-state index < -0.39 is 0 Å². The minimum Gasteiger partial charge on any atom is -0.342 e. The Labute approximate surface area is 205 Å². The van der Waals surface area contributed by atoms with Gasteiger partial charge in [0.15, 0.2) is 11.0 Å². The van der Waals surface area contributed by atoms with Crippen molar-refractivity contribution in [3.05, 3.63) is 70.5 Å². The number of aromatic nitrogens is 3. The average molecular weight is 480 g/mol. The fourth-order valence-corrected chi connectivity index (χ4v) is 4.66. The van der Waals surface area contributed by atoms with Crippen LogP contribution in [0.3, 0.4) is 0 Å². The SMILES string of the molecule is CCn1c(SCC(=O)Nc2cc(C)cc(C)c2)nnc1[C@@H](NC(=O)c1cccc(C)c1)C(C)C. The Morgan fingerprint density at radius 2 is 1.71 bits per heavy atom. The summed E-state index contributed by atoms with van der Waals surface area (Å²) < 4.78 is 1.97. The van der Waals surface area contributed by atoms with Gasteiger partial charge in [0.2, 0.25) is 5.91 Å². The standard InChI is InChI=1S/C26H33N5O2S/c1-7-31-24(23(16(2)3)28-25(33)20-10-8-9-17(4)12-20)29-30-26(31)34-15-22(32)27-21-13-18(5)11-19(6)14-21/h8-14,16,23H,7,15H2,1-6H3,(H,27,32)(H,28,33)/t23-/m0/s1. The lowest BCUT2D eigenvalue weighted by molar-refractivity contribution is -0.113. The Balaban J connectivity index is 1.72. The van der Waals surface area contributed by atoms with E-state index in [0.717, 1.165) is 22.4 Å². The molecule has 34 heavy (non-hydrogen) atoms. The molecular formula is C26H33N5O2S. The number of carbonyl (C=O) groups excluding carboxylic acids is 2. The molecule has 0 aliphatic heterocycles. The van der Waals surface area contributed by atoms with Crippen LogP contribution in [0.15, 0.2) is 47.6 Å². The van der Waals surface area contributed by atoms with Gasteiger partial charge in [0.05, 0.1) is 11.8 Å². The molecule has 0 spiro atoms. The van der Waals surface area contributed by atoms with Crippen molar-refractivity contribution >= 4 is 29.3 Å². The number of hydrogen-bond acceptors (Lipinski definition) is 5. The highest BCUT2D eigenvalue weighted by molar-refractivity contribution is 7.99.